The number of pyridine rings is 1. The van der Waals surface area contributed by atoms with E-state index in [1.165, 1.54) is 0 Å². The molecule has 4 nitrogen and oxygen atoms in total. The lowest BCUT2D eigenvalue weighted by atomic mass is 10.1. The fraction of sp³-hybridized carbons (Fsp3) is 0.273. The van der Waals surface area contributed by atoms with Crippen LogP contribution in [0.4, 0.5) is 0 Å². The fourth-order valence-corrected chi connectivity index (χ4v) is 1.63. The van der Waals surface area contributed by atoms with E-state index in [2.05, 4.69) is 9.97 Å². The summed E-state index contributed by atoms with van der Waals surface area (Å²) < 4.78 is 2.01. The molecule has 2 heterocycles. The minimum absolute atomic E-state index is 0.632. The highest BCUT2D eigenvalue weighted by Crippen LogP contribution is 2.20. The Morgan fingerprint density at radius 2 is 2.33 bits per heavy atom. The summed E-state index contributed by atoms with van der Waals surface area (Å²) in [5.74, 6) is 0. The molecule has 78 valence electrons. The summed E-state index contributed by atoms with van der Waals surface area (Å²) in [4.78, 5) is 8.46. The molecule has 0 amide bonds. The van der Waals surface area contributed by atoms with E-state index < -0.39 is 0 Å². The number of hydrogen-bond donors (Lipinski definition) is 1. The SMILES string of the molecule is Cn1cnc(-c2cccnc2)c1CCN. The van der Waals surface area contributed by atoms with Crippen molar-refractivity contribution in [1.29, 1.82) is 0 Å². The molecule has 0 unspecified atom stereocenters. The van der Waals surface area contributed by atoms with Gasteiger partial charge in [-0.3, -0.25) is 4.98 Å². The summed E-state index contributed by atoms with van der Waals surface area (Å²) in [6, 6.07) is 3.92. The van der Waals surface area contributed by atoms with Gasteiger partial charge in [0.25, 0.3) is 0 Å². The zero-order chi connectivity index (χ0) is 10.7. The number of hydrogen-bond acceptors (Lipinski definition) is 3. The molecule has 2 aromatic heterocycles. The van der Waals surface area contributed by atoms with Crippen molar-refractivity contribution < 1.29 is 0 Å². The van der Waals surface area contributed by atoms with Crippen molar-refractivity contribution in [2.75, 3.05) is 6.54 Å². The van der Waals surface area contributed by atoms with Crippen molar-refractivity contribution in [3.05, 3.63) is 36.5 Å². The Morgan fingerprint density at radius 3 is 3.00 bits per heavy atom. The van der Waals surface area contributed by atoms with Crippen LogP contribution in [0.2, 0.25) is 0 Å². The summed E-state index contributed by atoms with van der Waals surface area (Å²) in [5.41, 5.74) is 8.76. The van der Waals surface area contributed by atoms with Gasteiger partial charge in [0.1, 0.15) is 0 Å². The average Bonchev–Trinajstić information content (AvgIpc) is 2.63. The first-order chi connectivity index (χ1) is 7.33. The van der Waals surface area contributed by atoms with E-state index in [1.54, 1.807) is 6.20 Å². The Bertz CT molecular complexity index is 433. The van der Waals surface area contributed by atoms with Crippen LogP contribution in [0.3, 0.4) is 0 Å². The van der Waals surface area contributed by atoms with Crippen LogP contribution in [0, 0.1) is 0 Å². The molecule has 0 saturated carbocycles. The molecule has 2 N–H and O–H groups in total. The smallest absolute Gasteiger partial charge is 0.0953 e. The monoisotopic (exact) mass is 202 g/mol. The molecule has 0 atom stereocenters. The van der Waals surface area contributed by atoms with Gasteiger partial charge in [-0.25, -0.2) is 4.98 Å². The quantitative estimate of drug-likeness (QED) is 0.807. The van der Waals surface area contributed by atoms with Crippen LogP contribution < -0.4 is 5.73 Å². The molecule has 4 heteroatoms. The van der Waals surface area contributed by atoms with Gasteiger partial charge < -0.3 is 10.3 Å². The first kappa shape index (κ1) is 9.86. The third-order valence-electron chi connectivity index (χ3n) is 2.38. The Balaban J connectivity index is 2.44. The van der Waals surface area contributed by atoms with Gasteiger partial charge in [-0.2, -0.15) is 0 Å². The average molecular weight is 202 g/mol. The van der Waals surface area contributed by atoms with Gasteiger partial charge in [-0.1, -0.05) is 0 Å². The molecule has 0 aliphatic carbocycles. The second-order valence-corrected chi connectivity index (χ2v) is 3.43. The Hall–Kier alpha value is -1.68. The van der Waals surface area contributed by atoms with Crippen LogP contribution in [0.15, 0.2) is 30.9 Å². The Morgan fingerprint density at radius 1 is 1.47 bits per heavy atom. The highest BCUT2D eigenvalue weighted by atomic mass is 15.0. The van der Waals surface area contributed by atoms with Crippen LogP contribution >= 0.6 is 0 Å². The van der Waals surface area contributed by atoms with Gasteiger partial charge in [0.2, 0.25) is 0 Å². The first-order valence-electron chi connectivity index (χ1n) is 4.93. The highest BCUT2D eigenvalue weighted by Gasteiger charge is 2.09. The number of imidazole rings is 1. The maximum atomic E-state index is 5.58. The molecule has 2 rings (SSSR count). The van der Waals surface area contributed by atoms with Crippen LogP contribution in [0.1, 0.15) is 5.69 Å². The van der Waals surface area contributed by atoms with Gasteiger partial charge in [-0.15, -0.1) is 0 Å². The lowest BCUT2D eigenvalue weighted by Crippen LogP contribution is -2.07. The molecule has 15 heavy (non-hydrogen) atoms. The molecule has 0 saturated heterocycles. The predicted octanol–water partition coefficient (Wildman–Crippen LogP) is 0.983. The maximum Gasteiger partial charge on any atom is 0.0953 e. The van der Waals surface area contributed by atoms with Crippen LogP contribution in [-0.2, 0) is 13.5 Å². The standard InChI is InChI=1S/C11H14N4/c1-15-8-14-11(10(15)4-5-12)9-3-2-6-13-7-9/h2-3,6-8H,4-5,12H2,1H3. The third kappa shape index (κ3) is 1.89. The van der Waals surface area contributed by atoms with E-state index >= 15 is 0 Å². The van der Waals surface area contributed by atoms with Crippen LogP contribution in [0.5, 0.6) is 0 Å². The Labute approximate surface area is 88.8 Å². The molecule has 0 aromatic carbocycles. The normalized spacial score (nSPS) is 10.5. The fourth-order valence-electron chi connectivity index (χ4n) is 1.63. The summed E-state index contributed by atoms with van der Waals surface area (Å²) in [5, 5.41) is 0. The van der Waals surface area contributed by atoms with Gasteiger partial charge in [0.05, 0.1) is 12.0 Å². The van der Waals surface area contributed by atoms with Crippen molar-refractivity contribution in [2.45, 2.75) is 6.42 Å². The van der Waals surface area contributed by atoms with Crippen molar-refractivity contribution in [3.63, 3.8) is 0 Å². The summed E-state index contributed by atoms with van der Waals surface area (Å²) in [7, 11) is 1.98. The first-order valence-corrected chi connectivity index (χ1v) is 4.93. The Kier molecular flexibility index (Phi) is 2.78. The molecule has 0 aliphatic heterocycles. The minimum atomic E-state index is 0.632. The van der Waals surface area contributed by atoms with Crippen molar-refractivity contribution >= 4 is 0 Å². The lowest BCUT2D eigenvalue weighted by Gasteiger charge is -2.03. The van der Waals surface area contributed by atoms with Crippen molar-refractivity contribution in [1.82, 2.24) is 14.5 Å². The van der Waals surface area contributed by atoms with Gasteiger partial charge in [0, 0.05) is 37.1 Å². The molecule has 0 aliphatic rings. The molecular weight excluding hydrogens is 188 g/mol. The summed E-state index contributed by atoms with van der Waals surface area (Å²) >= 11 is 0. The minimum Gasteiger partial charge on any atom is -0.337 e. The zero-order valence-corrected chi connectivity index (χ0v) is 8.72. The van der Waals surface area contributed by atoms with Gasteiger partial charge in [-0.05, 0) is 18.7 Å². The van der Waals surface area contributed by atoms with E-state index in [-0.39, 0.29) is 0 Å². The van der Waals surface area contributed by atoms with E-state index in [0.717, 1.165) is 23.4 Å². The van der Waals surface area contributed by atoms with E-state index in [1.807, 2.05) is 36.3 Å². The number of aryl methyl sites for hydroxylation is 1. The van der Waals surface area contributed by atoms with E-state index in [0.29, 0.717) is 6.54 Å². The number of nitrogens with two attached hydrogens (primary N) is 1. The van der Waals surface area contributed by atoms with Gasteiger partial charge in [0.15, 0.2) is 0 Å². The predicted molar refractivity (Wildman–Crippen MR) is 59.2 cm³/mol. The second kappa shape index (κ2) is 4.23. The maximum absolute atomic E-state index is 5.58. The van der Waals surface area contributed by atoms with Crippen LogP contribution in [0.25, 0.3) is 11.3 Å². The van der Waals surface area contributed by atoms with E-state index in [9.17, 15) is 0 Å². The molecule has 2 aromatic rings. The topological polar surface area (TPSA) is 56.7 Å². The molecule has 0 fully saturated rings. The van der Waals surface area contributed by atoms with Crippen molar-refractivity contribution in [2.24, 2.45) is 12.8 Å². The van der Waals surface area contributed by atoms with Crippen LogP contribution in [-0.4, -0.2) is 21.1 Å². The number of aromatic nitrogens is 3. The van der Waals surface area contributed by atoms with Crippen molar-refractivity contribution in [3.8, 4) is 11.3 Å². The highest BCUT2D eigenvalue weighted by molar-refractivity contribution is 5.60. The molecule has 0 radical (unpaired) electrons. The van der Waals surface area contributed by atoms with E-state index in [4.69, 9.17) is 5.73 Å². The zero-order valence-electron chi connectivity index (χ0n) is 8.72. The molecular formula is C11H14N4. The summed E-state index contributed by atoms with van der Waals surface area (Å²) in [6.07, 6.45) is 6.23. The summed E-state index contributed by atoms with van der Waals surface area (Å²) in [6.45, 7) is 0.632. The number of rotatable bonds is 3. The molecule has 0 bridgehead atoms. The lowest BCUT2D eigenvalue weighted by molar-refractivity contribution is 0.805. The van der Waals surface area contributed by atoms with Gasteiger partial charge >= 0.3 is 0 Å². The second-order valence-electron chi connectivity index (χ2n) is 3.43. The number of nitrogens with zero attached hydrogens (tertiary/aromatic N) is 3. The third-order valence-corrected chi connectivity index (χ3v) is 2.38. The largest absolute Gasteiger partial charge is 0.337 e. The molecule has 0 spiro atoms.